The molecule has 0 radical (unpaired) electrons. The van der Waals surface area contributed by atoms with Crippen molar-refractivity contribution < 1.29 is 23.8 Å². The maximum Gasteiger partial charge on any atom is 0.339 e. The summed E-state index contributed by atoms with van der Waals surface area (Å²) in [5.74, 6) is 0.200. The first-order valence-electron chi connectivity index (χ1n) is 9.70. The summed E-state index contributed by atoms with van der Waals surface area (Å²) in [4.78, 5) is 29.2. The van der Waals surface area contributed by atoms with Crippen molar-refractivity contribution in [1.29, 1.82) is 0 Å². The van der Waals surface area contributed by atoms with Crippen LogP contribution in [0, 0.1) is 6.92 Å². The van der Waals surface area contributed by atoms with E-state index < -0.39 is 18.0 Å². The van der Waals surface area contributed by atoms with Crippen LogP contribution in [0.25, 0.3) is 0 Å². The standard InChI is InChI=1S/C23H24N2O5S/c1-15(22(26)24-12-18-7-4-5-10-21(18)28-3)30-23(27)17-8-6-9-20(11-17)29-13-19-14-31-16(2)25-19/h4-11,14-15H,12-13H2,1-3H3,(H,24,26). The number of amides is 1. The number of nitrogens with one attached hydrogen (secondary N) is 1. The van der Waals surface area contributed by atoms with Gasteiger partial charge in [-0.15, -0.1) is 11.3 Å². The van der Waals surface area contributed by atoms with Crippen LogP contribution in [0.1, 0.15) is 33.5 Å². The Hall–Kier alpha value is -3.39. The van der Waals surface area contributed by atoms with E-state index in [1.54, 1.807) is 42.7 Å². The first-order valence-corrected chi connectivity index (χ1v) is 10.6. The highest BCUT2D eigenvalue weighted by molar-refractivity contribution is 7.09. The fourth-order valence-electron chi connectivity index (χ4n) is 2.80. The molecule has 1 aromatic heterocycles. The van der Waals surface area contributed by atoms with E-state index in [0.717, 1.165) is 16.3 Å². The Labute approximate surface area is 185 Å². The minimum atomic E-state index is -0.954. The molecule has 31 heavy (non-hydrogen) atoms. The van der Waals surface area contributed by atoms with E-state index in [1.807, 2.05) is 36.6 Å². The average Bonchev–Trinajstić information content (AvgIpc) is 3.21. The predicted molar refractivity (Wildman–Crippen MR) is 117 cm³/mol. The van der Waals surface area contributed by atoms with Crippen molar-refractivity contribution in [3.05, 3.63) is 75.7 Å². The maximum atomic E-state index is 12.5. The van der Waals surface area contributed by atoms with E-state index in [4.69, 9.17) is 14.2 Å². The zero-order chi connectivity index (χ0) is 22.2. The number of thiazole rings is 1. The van der Waals surface area contributed by atoms with Gasteiger partial charge in [0, 0.05) is 17.5 Å². The lowest BCUT2D eigenvalue weighted by atomic mass is 10.2. The van der Waals surface area contributed by atoms with Gasteiger partial charge < -0.3 is 19.5 Å². The van der Waals surface area contributed by atoms with E-state index >= 15 is 0 Å². The number of methoxy groups -OCH3 is 1. The number of ether oxygens (including phenoxy) is 3. The second kappa shape index (κ2) is 10.6. The van der Waals surface area contributed by atoms with Crippen molar-refractivity contribution in [3.8, 4) is 11.5 Å². The number of aryl methyl sites for hydroxylation is 1. The van der Waals surface area contributed by atoms with Gasteiger partial charge in [-0.05, 0) is 38.1 Å². The molecule has 1 atom stereocenters. The molecule has 3 rings (SSSR count). The van der Waals surface area contributed by atoms with Gasteiger partial charge in [0.2, 0.25) is 0 Å². The highest BCUT2D eigenvalue weighted by Crippen LogP contribution is 2.18. The molecule has 1 heterocycles. The first-order chi connectivity index (χ1) is 15.0. The largest absolute Gasteiger partial charge is 0.496 e. The second-order valence-corrected chi connectivity index (χ2v) is 7.81. The lowest BCUT2D eigenvalue weighted by Crippen LogP contribution is -2.35. The third-order valence-electron chi connectivity index (χ3n) is 4.42. The molecule has 1 unspecified atom stereocenters. The molecular weight excluding hydrogens is 416 g/mol. The summed E-state index contributed by atoms with van der Waals surface area (Å²) in [7, 11) is 1.57. The molecule has 3 aromatic rings. The van der Waals surface area contributed by atoms with E-state index in [2.05, 4.69) is 10.3 Å². The van der Waals surface area contributed by atoms with E-state index in [0.29, 0.717) is 23.7 Å². The molecule has 1 amide bonds. The van der Waals surface area contributed by atoms with Crippen molar-refractivity contribution in [2.24, 2.45) is 0 Å². The number of esters is 1. The smallest absolute Gasteiger partial charge is 0.339 e. The molecule has 0 aliphatic heterocycles. The Morgan fingerprint density at radius 2 is 1.97 bits per heavy atom. The van der Waals surface area contributed by atoms with Crippen molar-refractivity contribution in [2.45, 2.75) is 33.1 Å². The van der Waals surface area contributed by atoms with Gasteiger partial charge in [0.15, 0.2) is 6.10 Å². The maximum absolute atomic E-state index is 12.5. The van der Waals surface area contributed by atoms with Crippen LogP contribution in [0.5, 0.6) is 11.5 Å². The van der Waals surface area contributed by atoms with E-state index in [1.165, 1.54) is 6.92 Å². The topological polar surface area (TPSA) is 86.8 Å². The molecule has 8 heteroatoms. The van der Waals surface area contributed by atoms with Crippen LogP contribution in [-0.4, -0.2) is 30.1 Å². The number of carbonyl (C=O) groups excluding carboxylic acids is 2. The van der Waals surface area contributed by atoms with Crippen LogP contribution in [0.3, 0.4) is 0 Å². The van der Waals surface area contributed by atoms with Crippen molar-refractivity contribution in [2.75, 3.05) is 7.11 Å². The number of para-hydroxylation sites is 1. The molecule has 0 saturated heterocycles. The van der Waals surface area contributed by atoms with Gasteiger partial charge in [-0.3, -0.25) is 4.79 Å². The van der Waals surface area contributed by atoms with Gasteiger partial charge in [0.05, 0.1) is 23.4 Å². The van der Waals surface area contributed by atoms with Crippen molar-refractivity contribution in [3.63, 3.8) is 0 Å². The van der Waals surface area contributed by atoms with E-state index in [-0.39, 0.29) is 6.54 Å². The number of aromatic nitrogens is 1. The fraction of sp³-hybridized carbons (Fsp3) is 0.261. The highest BCUT2D eigenvalue weighted by atomic mass is 32.1. The second-order valence-electron chi connectivity index (χ2n) is 6.75. The Kier molecular flexibility index (Phi) is 7.61. The molecule has 7 nitrogen and oxygen atoms in total. The lowest BCUT2D eigenvalue weighted by Gasteiger charge is -2.15. The SMILES string of the molecule is COc1ccccc1CNC(=O)C(C)OC(=O)c1cccc(OCc2csc(C)n2)c1. The highest BCUT2D eigenvalue weighted by Gasteiger charge is 2.19. The van der Waals surface area contributed by atoms with Crippen molar-refractivity contribution >= 4 is 23.2 Å². The molecule has 2 aromatic carbocycles. The molecule has 0 aliphatic rings. The normalized spacial score (nSPS) is 11.5. The average molecular weight is 441 g/mol. The minimum absolute atomic E-state index is 0.268. The lowest BCUT2D eigenvalue weighted by molar-refractivity contribution is -0.129. The molecule has 0 bridgehead atoms. The van der Waals surface area contributed by atoms with Gasteiger partial charge in [-0.25, -0.2) is 9.78 Å². The molecule has 162 valence electrons. The molecular formula is C23H24N2O5S. The Morgan fingerprint density at radius 1 is 1.16 bits per heavy atom. The number of hydrogen-bond donors (Lipinski definition) is 1. The number of nitrogens with zero attached hydrogens (tertiary/aromatic N) is 1. The zero-order valence-corrected chi connectivity index (χ0v) is 18.4. The van der Waals surface area contributed by atoms with Crippen LogP contribution in [0.2, 0.25) is 0 Å². The van der Waals surface area contributed by atoms with Gasteiger partial charge >= 0.3 is 5.97 Å². The zero-order valence-electron chi connectivity index (χ0n) is 17.6. The summed E-state index contributed by atoms with van der Waals surface area (Å²) in [6, 6.07) is 14.0. The monoisotopic (exact) mass is 440 g/mol. The molecule has 0 fully saturated rings. The van der Waals surface area contributed by atoms with Gasteiger partial charge in [-0.2, -0.15) is 0 Å². The Morgan fingerprint density at radius 3 is 2.71 bits per heavy atom. The van der Waals surface area contributed by atoms with E-state index in [9.17, 15) is 9.59 Å². The summed E-state index contributed by atoms with van der Waals surface area (Å²) in [6.07, 6.45) is -0.954. The van der Waals surface area contributed by atoms with Crippen LogP contribution < -0.4 is 14.8 Å². The third-order valence-corrected chi connectivity index (χ3v) is 5.24. The number of carbonyl (C=O) groups is 2. The van der Waals surface area contributed by atoms with Crippen LogP contribution in [0.15, 0.2) is 53.9 Å². The molecule has 0 saturated carbocycles. The van der Waals surface area contributed by atoms with Gasteiger partial charge in [0.1, 0.15) is 18.1 Å². The molecule has 1 N–H and O–H groups in total. The van der Waals surface area contributed by atoms with Crippen molar-refractivity contribution in [1.82, 2.24) is 10.3 Å². The third kappa shape index (κ3) is 6.29. The molecule has 0 spiro atoms. The quantitative estimate of drug-likeness (QED) is 0.508. The summed E-state index contributed by atoms with van der Waals surface area (Å²) >= 11 is 1.55. The van der Waals surface area contributed by atoms with Gasteiger partial charge in [0.25, 0.3) is 5.91 Å². The van der Waals surface area contributed by atoms with Gasteiger partial charge in [-0.1, -0.05) is 24.3 Å². The fourth-order valence-corrected chi connectivity index (χ4v) is 3.40. The number of rotatable bonds is 9. The Bertz CT molecular complexity index is 1050. The van der Waals surface area contributed by atoms with Crippen LogP contribution >= 0.6 is 11.3 Å². The summed E-state index contributed by atoms with van der Waals surface area (Å²) in [5, 5.41) is 5.65. The first kappa shape index (κ1) is 22.3. The Balaban J connectivity index is 1.53. The van der Waals surface area contributed by atoms with Crippen LogP contribution in [0.4, 0.5) is 0 Å². The summed E-state index contributed by atoms with van der Waals surface area (Å²) in [5.41, 5.74) is 1.96. The summed E-state index contributed by atoms with van der Waals surface area (Å²) in [6.45, 7) is 4.04. The predicted octanol–water partition coefficient (Wildman–Crippen LogP) is 3.90. The number of hydrogen-bond acceptors (Lipinski definition) is 7. The summed E-state index contributed by atoms with van der Waals surface area (Å²) < 4.78 is 16.3. The number of benzene rings is 2. The molecule has 0 aliphatic carbocycles. The minimum Gasteiger partial charge on any atom is -0.496 e. The van der Waals surface area contributed by atoms with Crippen LogP contribution in [-0.2, 0) is 22.7 Å².